The van der Waals surface area contributed by atoms with Crippen LogP contribution in [-0.2, 0) is 20.4 Å². The minimum atomic E-state index is -4.05. The molecule has 0 N–H and O–H groups in total. The SMILES string of the molecule is COc1c(C)c(OC)c([Si](c2c(OC)c(C)c(OC)c(C)c2OC)(c2c(OC)c(C)c(OC)c(C)c2OC)C2(C)C(C)=C(C)C(C)=[C]2[Ti+3])c(OC)c1C.[Cl-].[Cl-].[Cl-]. The first-order valence-electron chi connectivity index (χ1n) is 17.5. The van der Waals surface area contributed by atoms with Gasteiger partial charge in [-0.15, -0.1) is 0 Å². The Labute approximate surface area is 365 Å². The smallest absolute Gasteiger partial charge is 1.00 e. The first kappa shape index (κ1) is 51.2. The number of hydrogen-bond acceptors (Lipinski definition) is 9. The van der Waals surface area contributed by atoms with Crippen LogP contribution in [-0.4, -0.2) is 72.1 Å². The van der Waals surface area contributed by atoms with Crippen LogP contribution in [0.25, 0.3) is 0 Å². The Balaban J connectivity index is 0.00000523. The summed E-state index contributed by atoms with van der Waals surface area (Å²) in [4.78, 5) is 0. The van der Waals surface area contributed by atoms with Crippen molar-refractivity contribution >= 4 is 23.6 Å². The van der Waals surface area contributed by atoms with E-state index >= 15 is 0 Å². The van der Waals surface area contributed by atoms with E-state index in [1.54, 1.807) is 64.0 Å². The average molecular weight is 888 g/mol. The molecule has 308 valence electrons. The van der Waals surface area contributed by atoms with Crippen molar-refractivity contribution in [2.24, 2.45) is 0 Å². The van der Waals surface area contributed by atoms with Gasteiger partial charge in [0.1, 0.15) is 0 Å². The van der Waals surface area contributed by atoms with E-state index in [2.05, 4.69) is 48.1 Å². The summed E-state index contributed by atoms with van der Waals surface area (Å²) in [5, 5.41) is 1.84. The van der Waals surface area contributed by atoms with E-state index in [0.29, 0.717) is 51.7 Å². The summed E-state index contributed by atoms with van der Waals surface area (Å²) >= 11 is 2.24. The van der Waals surface area contributed by atoms with Gasteiger partial charge in [0.2, 0.25) is 0 Å². The molecule has 0 aliphatic heterocycles. The van der Waals surface area contributed by atoms with E-state index in [0.717, 1.165) is 48.9 Å². The van der Waals surface area contributed by atoms with Crippen molar-refractivity contribution in [1.29, 1.82) is 0 Å². The van der Waals surface area contributed by atoms with Gasteiger partial charge in [-0.2, -0.15) is 0 Å². The van der Waals surface area contributed by atoms with Crippen LogP contribution in [0.2, 0.25) is 5.04 Å². The minimum absolute atomic E-state index is 0. The van der Waals surface area contributed by atoms with E-state index in [4.69, 9.17) is 42.6 Å². The fraction of sp³-hybridized carbons (Fsp3) is 0.476. The predicted octanol–water partition coefficient (Wildman–Crippen LogP) is -1.97. The molecular weight excluding hydrogens is 831 g/mol. The van der Waals surface area contributed by atoms with Crippen molar-refractivity contribution in [2.75, 3.05) is 64.0 Å². The molecule has 0 saturated carbocycles. The average Bonchev–Trinajstić information content (AvgIpc) is 3.28. The molecule has 0 radical (unpaired) electrons. The van der Waals surface area contributed by atoms with E-state index in [1.165, 1.54) is 20.6 Å². The number of rotatable bonds is 13. The molecule has 3 aromatic rings. The molecule has 1 atom stereocenters. The molecule has 0 aromatic heterocycles. The second-order valence-corrected chi connectivity index (χ2v) is 18.6. The van der Waals surface area contributed by atoms with Crippen LogP contribution in [0.1, 0.15) is 61.1 Å². The summed E-state index contributed by atoms with van der Waals surface area (Å²) in [5.41, 5.74) is 8.60. The molecule has 0 amide bonds. The molecule has 0 spiro atoms. The van der Waals surface area contributed by atoms with Crippen LogP contribution in [0.3, 0.4) is 0 Å². The number of benzene rings is 3. The van der Waals surface area contributed by atoms with Gasteiger partial charge in [-0.1, -0.05) is 0 Å². The van der Waals surface area contributed by atoms with Gasteiger partial charge in [0.05, 0.1) is 0 Å². The molecule has 0 fully saturated rings. The number of allylic oxidation sites excluding steroid dienone is 4. The van der Waals surface area contributed by atoms with Crippen LogP contribution in [0.4, 0.5) is 0 Å². The number of methoxy groups -OCH3 is 9. The molecule has 0 heterocycles. The zero-order valence-electron chi connectivity index (χ0n) is 36.3. The zero-order valence-corrected chi connectivity index (χ0v) is 41.1. The van der Waals surface area contributed by atoms with Gasteiger partial charge in [-0.3, -0.25) is 0 Å². The topological polar surface area (TPSA) is 83.1 Å². The molecule has 14 heteroatoms. The molecule has 56 heavy (non-hydrogen) atoms. The van der Waals surface area contributed by atoms with Crippen LogP contribution in [0, 0.1) is 41.5 Å². The minimum Gasteiger partial charge on any atom is -1.00 e. The summed E-state index contributed by atoms with van der Waals surface area (Å²) in [6.07, 6.45) is 0. The third-order valence-electron chi connectivity index (χ3n) is 11.9. The Morgan fingerprint density at radius 2 is 0.554 bits per heavy atom. The van der Waals surface area contributed by atoms with E-state index in [9.17, 15) is 0 Å². The number of hydrogen-bond donors (Lipinski definition) is 0. The van der Waals surface area contributed by atoms with Gasteiger partial charge in [0.25, 0.3) is 0 Å². The Hall–Kier alpha value is -2.86. The molecule has 3 aromatic carbocycles. The summed E-state index contributed by atoms with van der Waals surface area (Å²) in [6, 6.07) is 0. The van der Waals surface area contributed by atoms with Gasteiger partial charge in [-0.05, 0) is 0 Å². The van der Waals surface area contributed by atoms with Gasteiger partial charge in [-0.25, -0.2) is 0 Å². The van der Waals surface area contributed by atoms with Gasteiger partial charge in [0.15, 0.2) is 0 Å². The summed E-state index contributed by atoms with van der Waals surface area (Å²) in [6.45, 7) is 21.2. The van der Waals surface area contributed by atoms with Gasteiger partial charge >= 0.3 is 331 Å². The first-order valence-corrected chi connectivity index (χ1v) is 20.3. The standard InChI is InChI=1S/C42H57O9Si.3ClH.Ti/c1-21-20-42(10,29(9)22(21)2)52(39-33(46-14)23(3)30(43-11)24(4)34(39)47-15,40-35(48-16)25(5)31(44-12)26(6)36(40)49-17)41-37(50-18)27(7)32(45-13)28(8)38(41)51-19;;;;/h1-19H3;3*1H;/q;;;;+3/p-3. The van der Waals surface area contributed by atoms with Crippen LogP contribution >= 0.6 is 0 Å². The molecule has 1 aliphatic carbocycles. The van der Waals surface area contributed by atoms with Crippen molar-refractivity contribution in [2.45, 2.75) is 74.3 Å². The quantitative estimate of drug-likeness (QED) is 0.144. The van der Waals surface area contributed by atoms with Crippen molar-refractivity contribution < 1.29 is 100 Å². The molecule has 1 unspecified atom stereocenters. The third-order valence-corrected chi connectivity index (χ3v) is 19.4. The van der Waals surface area contributed by atoms with Crippen molar-refractivity contribution in [3.63, 3.8) is 0 Å². The van der Waals surface area contributed by atoms with Crippen molar-refractivity contribution in [1.82, 2.24) is 0 Å². The monoisotopic (exact) mass is 886 g/mol. The predicted molar refractivity (Wildman–Crippen MR) is 211 cm³/mol. The molecule has 9 nitrogen and oxygen atoms in total. The van der Waals surface area contributed by atoms with Gasteiger partial charge in [0, 0.05) is 0 Å². The molecular formula is C42H57Cl3O9SiTi. The first-order chi connectivity index (χ1) is 25.0. The third kappa shape index (κ3) is 6.74. The normalized spacial score (nSPS) is 15.0. The Morgan fingerprint density at radius 1 is 0.357 bits per heavy atom. The van der Waals surface area contributed by atoms with Crippen LogP contribution in [0.15, 0.2) is 20.6 Å². The second-order valence-electron chi connectivity index (χ2n) is 13.8. The molecule has 1 aliphatic rings. The Morgan fingerprint density at radius 3 is 0.696 bits per heavy atom. The van der Waals surface area contributed by atoms with E-state index < -0.39 is 13.1 Å². The molecule has 0 saturated heterocycles. The van der Waals surface area contributed by atoms with E-state index in [-0.39, 0.29) is 37.2 Å². The van der Waals surface area contributed by atoms with E-state index in [1.807, 2.05) is 41.5 Å². The Kier molecular flexibility index (Phi) is 17.6. The molecule has 0 bridgehead atoms. The van der Waals surface area contributed by atoms with Crippen molar-refractivity contribution in [3.05, 3.63) is 54.0 Å². The van der Waals surface area contributed by atoms with Crippen LogP contribution < -0.4 is 95.4 Å². The van der Waals surface area contributed by atoms with Crippen LogP contribution in [0.5, 0.6) is 51.7 Å². The maximum atomic E-state index is 6.63. The zero-order chi connectivity index (χ0) is 40.1. The largest absolute Gasteiger partial charge is 1.00 e. The summed E-state index contributed by atoms with van der Waals surface area (Å²) in [5.74, 6) is 5.81. The fourth-order valence-electron chi connectivity index (χ4n) is 9.37. The summed E-state index contributed by atoms with van der Waals surface area (Å²) in [7, 11) is 11.2. The molecule has 4 rings (SSSR count). The summed E-state index contributed by atoms with van der Waals surface area (Å²) < 4.78 is 59.2. The Bertz CT molecular complexity index is 1750. The number of halogens is 3. The maximum absolute atomic E-state index is 6.63. The van der Waals surface area contributed by atoms with Gasteiger partial charge < -0.3 is 37.2 Å². The number of ether oxygens (including phenoxy) is 9. The second kappa shape index (κ2) is 19.3. The fourth-order valence-corrected chi connectivity index (χ4v) is 18.2. The van der Waals surface area contributed by atoms with Crippen molar-refractivity contribution in [3.8, 4) is 51.7 Å². The maximum Gasteiger partial charge on any atom is -1.00 e.